The molecule has 0 unspecified atom stereocenters. The highest BCUT2D eigenvalue weighted by Gasteiger charge is 2.25. The molecule has 29 heavy (non-hydrogen) atoms. The molecule has 1 saturated heterocycles. The quantitative estimate of drug-likeness (QED) is 0.657. The number of amides is 1. The summed E-state index contributed by atoms with van der Waals surface area (Å²) in [4.78, 5) is 25.9. The van der Waals surface area contributed by atoms with Crippen LogP contribution in [0.2, 0.25) is 0 Å². The number of para-hydroxylation sites is 1. The normalized spacial score (nSPS) is 16.4. The van der Waals surface area contributed by atoms with Gasteiger partial charge in [-0.05, 0) is 25.0 Å². The van der Waals surface area contributed by atoms with Crippen molar-refractivity contribution >= 4 is 5.91 Å². The molecule has 1 atom stereocenters. The number of hydrogen-bond acceptors (Lipinski definition) is 5. The summed E-state index contributed by atoms with van der Waals surface area (Å²) in [6.45, 7) is 2.16. The van der Waals surface area contributed by atoms with Crippen molar-refractivity contribution in [2.45, 2.75) is 25.5 Å². The number of aromatic nitrogens is 3. The maximum absolute atomic E-state index is 13.0. The van der Waals surface area contributed by atoms with Crippen LogP contribution >= 0.6 is 0 Å². The zero-order chi connectivity index (χ0) is 20.2. The van der Waals surface area contributed by atoms with Crippen molar-refractivity contribution in [3.8, 4) is 16.9 Å². The Labute approximate surface area is 168 Å². The number of nitrogens with one attached hydrogen (secondary N) is 1. The van der Waals surface area contributed by atoms with Crippen molar-refractivity contribution in [3.05, 3.63) is 58.6 Å². The molecule has 0 aliphatic carbocycles. The molecule has 152 valence electrons. The van der Waals surface area contributed by atoms with Gasteiger partial charge in [0.2, 0.25) is 0 Å². The van der Waals surface area contributed by atoms with Crippen LogP contribution in [0, 0.1) is 0 Å². The van der Waals surface area contributed by atoms with Crippen molar-refractivity contribution < 1.29 is 14.3 Å². The minimum atomic E-state index is -0.269. The van der Waals surface area contributed by atoms with E-state index in [0.29, 0.717) is 42.2 Å². The maximum Gasteiger partial charge on any atom is 0.282 e. The fourth-order valence-corrected chi connectivity index (χ4v) is 3.50. The van der Waals surface area contributed by atoms with Gasteiger partial charge in [-0.15, -0.1) is 0 Å². The first-order chi connectivity index (χ1) is 14.2. The maximum atomic E-state index is 13.0. The van der Waals surface area contributed by atoms with Crippen LogP contribution in [0.15, 0.2) is 47.5 Å². The third-order valence-electron chi connectivity index (χ3n) is 5.04. The number of ether oxygens (including phenoxy) is 2. The summed E-state index contributed by atoms with van der Waals surface area (Å²) in [6.07, 6.45) is 5.42. The first-order valence-corrected chi connectivity index (χ1v) is 9.74. The largest absolute Gasteiger partial charge is 0.383 e. The molecule has 4 rings (SSSR count). The van der Waals surface area contributed by atoms with Gasteiger partial charge in [0.15, 0.2) is 0 Å². The molecule has 0 saturated carbocycles. The molecule has 3 aliphatic heterocycles. The topological polar surface area (TPSA) is 87.4 Å². The number of pyridine rings is 1. The number of rotatable bonds is 7. The van der Waals surface area contributed by atoms with Crippen molar-refractivity contribution in [3.63, 3.8) is 0 Å². The van der Waals surface area contributed by atoms with E-state index in [1.807, 2.05) is 30.3 Å². The Morgan fingerprint density at radius 1 is 1.31 bits per heavy atom. The van der Waals surface area contributed by atoms with Crippen LogP contribution in [0.25, 0.3) is 16.9 Å². The van der Waals surface area contributed by atoms with Crippen molar-refractivity contribution in [1.29, 1.82) is 0 Å². The lowest BCUT2D eigenvalue weighted by molar-refractivity contribution is 0.0857. The van der Waals surface area contributed by atoms with Crippen LogP contribution in [0.1, 0.15) is 23.2 Å². The van der Waals surface area contributed by atoms with E-state index in [9.17, 15) is 9.59 Å². The average Bonchev–Trinajstić information content (AvgIpc) is 3.39. The molecule has 1 fully saturated rings. The molecular weight excluding hydrogens is 372 g/mol. The summed E-state index contributed by atoms with van der Waals surface area (Å²) < 4.78 is 13.9. The predicted octanol–water partition coefficient (Wildman–Crippen LogP) is 1.69. The minimum absolute atomic E-state index is 0.0377. The first kappa shape index (κ1) is 19.4. The van der Waals surface area contributed by atoms with E-state index >= 15 is 0 Å². The number of nitrogens with zero attached hydrogens (tertiary/aromatic N) is 3. The summed E-state index contributed by atoms with van der Waals surface area (Å²) in [5.41, 5.74) is 1.55. The van der Waals surface area contributed by atoms with E-state index in [1.165, 1.54) is 4.68 Å². The standard InChI is InChI=1S/C21H24N4O4/c1-28-11-9-24-13-17(20(26)22-12-16-8-5-10-29-16)19-18(14-24)21(27)25(23-19)15-6-3-2-4-7-15/h2-4,6-7,13-14,16H,5,8-12H2,1H3,(H,22,26)/t16-/m0/s1. The summed E-state index contributed by atoms with van der Waals surface area (Å²) in [5, 5.41) is 7.40. The number of fused-ring (bicyclic) bond motifs is 1. The Morgan fingerprint density at radius 3 is 2.86 bits per heavy atom. The summed E-state index contributed by atoms with van der Waals surface area (Å²) in [7, 11) is 1.61. The Morgan fingerprint density at radius 2 is 2.14 bits per heavy atom. The van der Waals surface area contributed by atoms with Gasteiger partial charge in [0, 0.05) is 39.2 Å². The Kier molecular flexibility index (Phi) is 5.73. The van der Waals surface area contributed by atoms with Gasteiger partial charge >= 0.3 is 0 Å². The third-order valence-corrected chi connectivity index (χ3v) is 5.04. The van der Waals surface area contributed by atoms with E-state index in [0.717, 1.165) is 19.4 Å². The fourth-order valence-electron chi connectivity index (χ4n) is 3.50. The van der Waals surface area contributed by atoms with E-state index in [-0.39, 0.29) is 17.6 Å². The number of methoxy groups -OCH3 is 1. The Bertz CT molecular complexity index is 1010. The molecule has 3 aliphatic rings. The molecule has 1 aromatic carbocycles. The van der Waals surface area contributed by atoms with Gasteiger partial charge in [-0.2, -0.15) is 9.78 Å². The predicted molar refractivity (Wildman–Crippen MR) is 108 cm³/mol. The highest BCUT2D eigenvalue weighted by molar-refractivity contribution is 5.99. The average molecular weight is 396 g/mol. The highest BCUT2D eigenvalue weighted by atomic mass is 16.5. The molecule has 0 bridgehead atoms. The van der Waals surface area contributed by atoms with E-state index in [2.05, 4.69) is 10.4 Å². The number of carbonyl (C=O) groups excluding carboxylic acids is 1. The molecule has 8 heteroatoms. The van der Waals surface area contributed by atoms with E-state index in [1.54, 1.807) is 24.1 Å². The fraction of sp³-hybridized carbons (Fsp3) is 0.381. The molecule has 8 nitrogen and oxygen atoms in total. The second-order valence-corrected chi connectivity index (χ2v) is 7.06. The first-order valence-electron chi connectivity index (χ1n) is 9.74. The zero-order valence-electron chi connectivity index (χ0n) is 16.3. The lowest BCUT2D eigenvalue weighted by Crippen LogP contribution is -2.32. The molecule has 1 amide bonds. The second-order valence-electron chi connectivity index (χ2n) is 7.06. The van der Waals surface area contributed by atoms with Gasteiger partial charge in [-0.3, -0.25) is 9.59 Å². The van der Waals surface area contributed by atoms with Crippen LogP contribution < -0.4 is 10.9 Å². The zero-order valence-corrected chi connectivity index (χ0v) is 16.3. The molecule has 0 aromatic heterocycles. The lowest BCUT2D eigenvalue weighted by atomic mass is 10.1. The molecule has 0 radical (unpaired) electrons. The van der Waals surface area contributed by atoms with Crippen LogP contribution in [-0.2, 0) is 16.0 Å². The molecule has 0 spiro atoms. The monoisotopic (exact) mass is 396 g/mol. The lowest BCUT2D eigenvalue weighted by Gasteiger charge is -2.14. The van der Waals surface area contributed by atoms with Crippen molar-refractivity contribution in [1.82, 2.24) is 19.7 Å². The van der Waals surface area contributed by atoms with Crippen LogP contribution in [-0.4, -0.2) is 53.2 Å². The molecule has 1 aromatic rings. The van der Waals surface area contributed by atoms with Gasteiger partial charge < -0.3 is 19.4 Å². The van der Waals surface area contributed by atoms with Crippen LogP contribution in [0.5, 0.6) is 0 Å². The minimum Gasteiger partial charge on any atom is -0.383 e. The number of carbonyl (C=O) groups is 1. The Hall–Kier alpha value is -2.97. The Balaban J connectivity index is 1.72. The highest BCUT2D eigenvalue weighted by Crippen LogP contribution is 2.22. The van der Waals surface area contributed by atoms with Crippen molar-refractivity contribution in [2.24, 2.45) is 0 Å². The smallest absolute Gasteiger partial charge is 0.282 e. The SMILES string of the molecule is COCCn1cc(C(=O)NC[C@@H]2CCCO2)c2nn(-c3ccccc3)c(=O)c-2c1. The van der Waals surface area contributed by atoms with Gasteiger partial charge in [-0.1, -0.05) is 18.2 Å². The van der Waals surface area contributed by atoms with Gasteiger partial charge in [0.25, 0.3) is 11.5 Å². The van der Waals surface area contributed by atoms with Gasteiger partial charge in [0.05, 0.1) is 29.5 Å². The third kappa shape index (κ3) is 4.08. The summed E-state index contributed by atoms with van der Waals surface area (Å²) in [6, 6.07) is 9.18. The molecule has 3 heterocycles. The van der Waals surface area contributed by atoms with E-state index < -0.39 is 0 Å². The van der Waals surface area contributed by atoms with Crippen molar-refractivity contribution in [2.75, 3.05) is 26.9 Å². The summed E-state index contributed by atoms with van der Waals surface area (Å²) in [5.74, 6) is -0.269. The van der Waals surface area contributed by atoms with Gasteiger partial charge in [-0.25, -0.2) is 0 Å². The van der Waals surface area contributed by atoms with Crippen LogP contribution in [0.4, 0.5) is 0 Å². The van der Waals surface area contributed by atoms with Gasteiger partial charge in [0.1, 0.15) is 5.69 Å². The number of benzene rings is 1. The number of hydrogen-bond donors (Lipinski definition) is 1. The molecule has 1 N–H and O–H groups in total. The second kappa shape index (κ2) is 8.59. The molecular formula is C21H24N4O4. The van der Waals surface area contributed by atoms with Crippen LogP contribution in [0.3, 0.4) is 0 Å². The van der Waals surface area contributed by atoms with E-state index in [4.69, 9.17) is 9.47 Å². The summed E-state index contributed by atoms with van der Waals surface area (Å²) >= 11 is 0.